The van der Waals surface area contributed by atoms with Gasteiger partial charge in [-0.15, -0.1) is 11.8 Å². The lowest BCUT2D eigenvalue weighted by atomic mass is 10.1. The van der Waals surface area contributed by atoms with Crippen LogP contribution in [0, 0.1) is 0 Å². The zero-order chi connectivity index (χ0) is 14.9. The minimum Gasteiger partial charge on any atom is -0.465 e. The smallest absolute Gasteiger partial charge is 0.337 e. The number of methoxy groups -OCH3 is 1. The molecule has 0 aliphatic carbocycles. The van der Waals surface area contributed by atoms with Crippen molar-refractivity contribution in [2.75, 3.05) is 19.4 Å². The Hall–Kier alpha value is -1.78. The summed E-state index contributed by atoms with van der Waals surface area (Å²) in [6.45, 7) is 1.75. The van der Waals surface area contributed by atoms with Crippen LogP contribution in [0.2, 0.25) is 0 Å². The van der Waals surface area contributed by atoms with Crippen LogP contribution >= 0.6 is 11.8 Å². The molecule has 0 fully saturated rings. The van der Waals surface area contributed by atoms with Crippen LogP contribution in [-0.2, 0) is 11.3 Å². The zero-order valence-electron chi connectivity index (χ0n) is 12.0. The van der Waals surface area contributed by atoms with E-state index in [1.165, 1.54) is 12.0 Å². The highest BCUT2D eigenvalue weighted by molar-refractivity contribution is 7.99. The molecule has 0 atom stereocenters. The third-order valence-electron chi connectivity index (χ3n) is 2.99. The van der Waals surface area contributed by atoms with Crippen LogP contribution in [0.4, 0.5) is 0 Å². The van der Waals surface area contributed by atoms with Crippen LogP contribution < -0.4 is 5.32 Å². The molecule has 3 nitrogen and oxygen atoms in total. The monoisotopic (exact) mass is 301 g/mol. The molecule has 0 amide bonds. The van der Waals surface area contributed by atoms with Crippen LogP contribution in [0.1, 0.15) is 15.9 Å². The summed E-state index contributed by atoms with van der Waals surface area (Å²) in [4.78, 5) is 12.6. The number of carbonyl (C=O) groups is 1. The van der Waals surface area contributed by atoms with Gasteiger partial charge < -0.3 is 10.1 Å². The van der Waals surface area contributed by atoms with E-state index in [-0.39, 0.29) is 5.97 Å². The molecule has 2 rings (SSSR count). The van der Waals surface area contributed by atoms with Gasteiger partial charge in [0.2, 0.25) is 0 Å². The normalized spacial score (nSPS) is 10.3. The maximum Gasteiger partial charge on any atom is 0.337 e. The Labute approximate surface area is 129 Å². The predicted molar refractivity (Wildman–Crippen MR) is 86.7 cm³/mol. The van der Waals surface area contributed by atoms with E-state index in [0.29, 0.717) is 5.56 Å². The number of benzene rings is 2. The third kappa shape index (κ3) is 5.25. The molecule has 0 saturated carbocycles. The van der Waals surface area contributed by atoms with Crippen molar-refractivity contribution < 1.29 is 9.53 Å². The van der Waals surface area contributed by atoms with E-state index < -0.39 is 0 Å². The van der Waals surface area contributed by atoms with Crippen molar-refractivity contribution in [3.63, 3.8) is 0 Å². The molecule has 0 unspecified atom stereocenters. The first-order valence-corrected chi connectivity index (χ1v) is 7.84. The summed E-state index contributed by atoms with van der Waals surface area (Å²) in [7, 11) is 1.39. The summed E-state index contributed by atoms with van der Waals surface area (Å²) >= 11 is 1.84. The Balaban J connectivity index is 1.68. The molecule has 0 radical (unpaired) electrons. The van der Waals surface area contributed by atoms with Gasteiger partial charge in [-0.05, 0) is 29.8 Å². The van der Waals surface area contributed by atoms with Gasteiger partial charge in [-0.1, -0.05) is 30.3 Å². The molecule has 1 N–H and O–H groups in total. The molecule has 2 aromatic rings. The maximum absolute atomic E-state index is 11.3. The van der Waals surface area contributed by atoms with Crippen molar-refractivity contribution in [1.82, 2.24) is 5.32 Å². The van der Waals surface area contributed by atoms with Crippen LogP contribution in [0.15, 0.2) is 59.5 Å². The first-order valence-electron chi connectivity index (χ1n) is 6.85. The lowest BCUT2D eigenvalue weighted by Crippen LogP contribution is -2.16. The fraction of sp³-hybridized carbons (Fsp3) is 0.235. The van der Waals surface area contributed by atoms with Gasteiger partial charge in [0.1, 0.15) is 0 Å². The fourth-order valence-electron chi connectivity index (χ4n) is 1.87. The number of thioether (sulfide) groups is 1. The van der Waals surface area contributed by atoms with Crippen molar-refractivity contribution in [2.45, 2.75) is 11.4 Å². The molecule has 2 aromatic carbocycles. The van der Waals surface area contributed by atoms with Gasteiger partial charge in [0.05, 0.1) is 12.7 Å². The van der Waals surface area contributed by atoms with Gasteiger partial charge in [0, 0.05) is 23.7 Å². The minimum absolute atomic E-state index is 0.297. The average Bonchev–Trinajstić information content (AvgIpc) is 2.55. The standard InChI is InChI=1S/C17H19NO2S/c1-20-17(19)15-9-7-14(8-10-15)13-18-11-12-21-16-5-3-2-4-6-16/h2-10,18H,11-13H2,1H3. The topological polar surface area (TPSA) is 38.3 Å². The number of ether oxygens (including phenoxy) is 1. The van der Waals surface area contributed by atoms with Crippen LogP contribution in [0.3, 0.4) is 0 Å². The first-order chi connectivity index (χ1) is 10.3. The van der Waals surface area contributed by atoms with Gasteiger partial charge in [0.15, 0.2) is 0 Å². The van der Waals surface area contributed by atoms with Gasteiger partial charge in [0.25, 0.3) is 0 Å². The Morgan fingerprint density at radius 3 is 2.48 bits per heavy atom. The molecular formula is C17H19NO2S. The summed E-state index contributed by atoms with van der Waals surface area (Å²) in [5, 5.41) is 3.40. The largest absolute Gasteiger partial charge is 0.465 e. The number of rotatable bonds is 7. The molecule has 21 heavy (non-hydrogen) atoms. The summed E-state index contributed by atoms with van der Waals surface area (Å²) in [6.07, 6.45) is 0. The van der Waals surface area contributed by atoms with E-state index in [9.17, 15) is 4.79 Å². The lowest BCUT2D eigenvalue weighted by Gasteiger charge is -2.06. The highest BCUT2D eigenvalue weighted by Gasteiger charge is 2.03. The van der Waals surface area contributed by atoms with Gasteiger partial charge in [-0.2, -0.15) is 0 Å². The summed E-state index contributed by atoms with van der Waals surface area (Å²) in [6, 6.07) is 17.9. The number of carbonyl (C=O) groups excluding carboxylic acids is 1. The quantitative estimate of drug-likeness (QED) is 0.483. The predicted octanol–water partition coefficient (Wildman–Crippen LogP) is 3.36. The third-order valence-corrected chi connectivity index (χ3v) is 4.01. The summed E-state index contributed by atoms with van der Waals surface area (Å²) in [5.74, 6) is 0.735. The van der Waals surface area contributed by atoms with Crippen molar-refractivity contribution >= 4 is 17.7 Å². The van der Waals surface area contributed by atoms with E-state index in [2.05, 4.69) is 34.3 Å². The highest BCUT2D eigenvalue weighted by atomic mass is 32.2. The average molecular weight is 301 g/mol. The van der Waals surface area contributed by atoms with Crippen LogP contribution in [-0.4, -0.2) is 25.4 Å². The molecule has 0 aromatic heterocycles. The molecule has 110 valence electrons. The Kier molecular flexibility index (Phi) is 6.31. The Bertz CT molecular complexity index is 555. The first kappa shape index (κ1) is 15.6. The molecular weight excluding hydrogens is 282 g/mol. The summed E-state index contributed by atoms with van der Waals surface area (Å²) < 4.78 is 4.67. The maximum atomic E-state index is 11.3. The molecule has 0 heterocycles. The van der Waals surface area contributed by atoms with Crippen LogP contribution in [0.25, 0.3) is 0 Å². The minimum atomic E-state index is -0.297. The second-order valence-corrected chi connectivity index (χ2v) is 5.70. The Morgan fingerprint density at radius 2 is 1.81 bits per heavy atom. The number of hydrogen-bond donors (Lipinski definition) is 1. The van der Waals surface area contributed by atoms with E-state index >= 15 is 0 Å². The Morgan fingerprint density at radius 1 is 1.10 bits per heavy atom. The zero-order valence-corrected chi connectivity index (χ0v) is 12.9. The lowest BCUT2D eigenvalue weighted by molar-refractivity contribution is 0.0600. The highest BCUT2D eigenvalue weighted by Crippen LogP contribution is 2.15. The molecule has 0 aliphatic heterocycles. The van der Waals surface area contributed by atoms with E-state index in [4.69, 9.17) is 0 Å². The van der Waals surface area contributed by atoms with Crippen LogP contribution in [0.5, 0.6) is 0 Å². The van der Waals surface area contributed by atoms with Crippen molar-refractivity contribution in [2.24, 2.45) is 0 Å². The number of esters is 1. The SMILES string of the molecule is COC(=O)c1ccc(CNCCSc2ccccc2)cc1. The number of nitrogens with one attached hydrogen (secondary N) is 1. The van der Waals surface area contributed by atoms with Crippen molar-refractivity contribution in [3.05, 3.63) is 65.7 Å². The van der Waals surface area contributed by atoms with Gasteiger partial charge in [-0.25, -0.2) is 4.79 Å². The van der Waals surface area contributed by atoms with Gasteiger partial charge >= 0.3 is 5.97 Å². The molecule has 0 saturated heterocycles. The molecule has 0 aliphatic rings. The van der Waals surface area contributed by atoms with E-state index in [0.717, 1.165) is 24.4 Å². The molecule has 0 bridgehead atoms. The fourth-order valence-corrected chi connectivity index (χ4v) is 2.70. The summed E-state index contributed by atoms with van der Waals surface area (Å²) in [5.41, 5.74) is 1.74. The van der Waals surface area contributed by atoms with E-state index in [1.807, 2.05) is 30.0 Å². The second-order valence-electron chi connectivity index (χ2n) is 4.53. The number of hydrogen-bond acceptors (Lipinski definition) is 4. The van der Waals surface area contributed by atoms with Gasteiger partial charge in [-0.3, -0.25) is 0 Å². The van der Waals surface area contributed by atoms with Crippen molar-refractivity contribution in [3.8, 4) is 0 Å². The van der Waals surface area contributed by atoms with E-state index in [1.54, 1.807) is 12.1 Å². The van der Waals surface area contributed by atoms with Crippen molar-refractivity contribution in [1.29, 1.82) is 0 Å². The second kappa shape index (κ2) is 8.49. The molecule has 4 heteroatoms. The molecule has 0 spiro atoms.